The van der Waals surface area contributed by atoms with Gasteiger partial charge in [-0.2, -0.15) is 0 Å². The number of nitrogens with zero attached hydrogens (tertiary/aromatic N) is 5. The largest absolute Gasteiger partial charge is 0.444 e. The summed E-state index contributed by atoms with van der Waals surface area (Å²) in [5, 5.41) is 8.09. The molecule has 76 heavy (non-hydrogen) atoms. The first kappa shape index (κ1) is 56.4. The molecule has 7 rings (SSSR count). The highest BCUT2D eigenvalue weighted by molar-refractivity contribution is 6.03. The van der Waals surface area contributed by atoms with Crippen LogP contribution in [0.2, 0.25) is 0 Å². The average Bonchev–Trinajstić information content (AvgIpc) is 3.92. The van der Waals surface area contributed by atoms with Gasteiger partial charge in [0.1, 0.15) is 46.9 Å². The lowest BCUT2D eigenvalue weighted by Crippen LogP contribution is -2.58. The lowest BCUT2D eigenvalue weighted by Gasteiger charge is -2.38. The molecule has 4 unspecified atom stereocenters. The number of nitrogens with one attached hydrogen (secondary N) is 3. The number of halogens is 3. The topological polar surface area (TPSA) is 190 Å². The monoisotopic (exact) mass is 1050 g/mol. The van der Waals surface area contributed by atoms with Crippen molar-refractivity contribution in [3.05, 3.63) is 130 Å². The van der Waals surface area contributed by atoms with Crippen molar-refractivity contribution < 1.29 is 56.2 Å². The van der Waals surface area contributed by atoms with Crippen molar-refractivity contribution in [2.75, 3.05) is 57.1 Å². The molecule has 3 heterocycles. The molecule has 406 valence electrons. The van der Waals surface area contributed by atoms with Crippen LogP contribution in [-0.4, -0.2) is 138 Å². The van der Waals surface area contributed by atoms with E-state index in [1.54, 1.807) is 81.7 Å². The number of anilines is 2. The van der Waals surface area contributed by atoms with Crippen LogP contribution in [-0.2, 0) is 63.2 Å². The average molecular weight is 1050 g/mol. The number of likely N-dealkylation sites (N-methyl/N-ethyl adjacent to an activating group) is 1. The van der Waals surface area contributed by atoms with Crippen molar-refractivity contribution in [1.82, 2.24) is 30.2 Å². The van der Waals surface area contributed by atoms with Crippen molar-refractivity contribution in [1.29, 1.82) is 0 Å². The molecule has 3 N–H and O–H groups in total. The van der Waals surface area contributed by atoms with Crippen LogP contribution < -0.4 is 20.9 Å². The SMILES string of the molecule is CC[C@@H](C(=O)NC(C(=O)N1Cc2ccc(CNC(=O)[C@]3(C)CN(C(=O)CN4CCN(C=O)C(C)C4)c4cc(Cc5ccc(F)cc5)ccc43)cc2C1C(=O)Nc1c(F)cccc1F)C(C)OC)N(C)C(=O)OC(C)(C)C. The third-order valence-electron chi connectivity index (χ3n) is 14.4. The summed E-state index contributed by atoms with van der Waals surface area (Å²) in [6.45, 7) is 13.2. The van der Waals surface area contributed by atoms with Crippen LogP contribution >= 0.6 is 0 Å². The van der Waals surface area contributed by atoms with Crippen LogP contribution in [0.15, 0.2) is 78.9 Å². The smallest absolute Gasteiger partial charge is 0.410 e. The first-order valence-electron chi connectivity index (χ1n) is 25.3. The number of para-hydroxylation sites is 1. The lowest BCUT2D eigenvalue weighted by molar-refractivity contribution is -0.145. The third-order valence-corrected chi connectivity index (χ3v) is 14.4. The summed E-state index contributed by atoms with van der Waals surface area (Å²) >= 11 is 0. The highest BCUT2D eigenvalue weighted by atomic mass is 19.1. The van der Waals surface area contributed by atoms with Crippen LogP contribution in [0.1, 0.15) is 94.3 Å². The predicted molar refractivity (Wildman–Crippen MR) is 277 cm³/mol. The maximum atomic E-state index is 15.1. The Morgan fingerprint density at radius 2 is 1.59 bits per heavy atom. The Balaban J connectivity index is 1.16. The van der Waals surface area contributed by atoms with E-state index < -0.39 is 82.3 Å². The minimum Gasteiger partial charge on any atom is -0.444 e. The Morgan fingerprint density at radius 3 is 2.22 bits per heavy atom. The fourth-order valence-corrected chi connectivity index (χ4v) is 10.1. The number of piperazine rings is 1. The van der Waals surface area contributed by atoms with Gasteiger partial charge in [0.05, 0.1) is 18.1 Å². The Bertz CT molecular complexity index is 2840. The highest BCUT2D eigenvalue weighted by Gasteiger charge is 2.48. The molecule has 1 fully saturated rings. The minimum atomic E-state index is -1.51. The van der Waals surface area contributed by atoms with E-state index in [2.05, 4.69) is 16.0 Å². The number of rotatable bonds is 17. The molecule has 0 bridgehead atoms. The van der Waals surface area contributed by atoms with Crippen molar-refractivity contribution in [3.8, 4) is 0 Å². The van der Waals surface area contributed by atoms with Gasteiger partial charge in [-0.1, -0.05) is 55.5 Å². The third kappa shape index (κ3) is 12.3. The quantitative estimate of drug-likeness (QED) is 0.106. The molecule has 0 aliphatic carbocycles. The van der Waals surface area contributed by atoms with Gasteiger partial charge in [-0.25, -0.2) is 18.0 Å². The fourth-order valence-electron chi connectivity index (χ4n) is 10.1. The van der Waals surface area contributed by atoms with Crippen molar-refractivity contribution in [3.63, 3.8) is 0 Å². The maximum absolute atomic E-state index is 15.1. The Kier molecular flexibility index (Phi) is 17.3. The van der Waals surface area contributed by atoms with Gasteiger partial charge in [-0.15, -0.1) is 0 Å². The van der Waals surface area contributed by atoms with E-state index in [0.717, 1.165) is 40.6 Å². The van der Waals surface area contributed by atoms with Gasteiger partial charge < -0.3 is 40.1 Å². The number of hydrogen-bond acceptors (Lipinski definition) is 10. The van der Waals surface area contributed by atoms with Crippen LogP contribution in [0.5, 0.6) is 0 Å². The second-order valence-electron chi connectivity index (χ2n) is 21.0. The standard InChI is InChI=1S/C56H67F3N8O9/c1-10-44(63(8)54(74)76-55(4,5)6)50(70)61-47(34(3)75-9)52(72)66-29-38-18-14-37(25-40(38)49(66)51(71)62-48-42(58)12-11-13-43(48)59)27-60-53(73)56(7)31-67(46(69)30-64-22-23-65(32-68)33(2)28-64)45-26-36(17-21-41(45)56)24-35-15-19-39(57)20-16-35/h11-21,25-26,32-34,44,47,49H,10,22-24,27-31H2,1-9H3,(H,60,73)(H,61,70)(H,62,71)/t33?,34?,44-,47?,49?,56+/m0/s1. The zero-order chi connectivity index (χ0) is 55.4. The summed E-state index contributed by atoms with van der Waals surface area (Å²) in [7, 11) is 2.73. The predicted octanol–water partition coefficient (Wildman–Crippen LogP) is 5.97. The molecule has 7 amide bonds. The summed E-state index contributed by atoms with van der Waals surface area (Å²) < 4.78 is 55.0. The first-order valence-corrected chi connectivity index (χ1v) is 25.3. The molecule has 20 heteroatoms. The van der Waals surface area contributed by atoms with E-state index in [1.807, 2.05) is 30.0 Å². The first-order chi connectivity index (χ1) is 36.0. The van der Waals surface area contributed by atoms with Crippen LogP contribution in [0, 0.1) is 17.5 Å². The van der Waals surface area contributed by atoms with Crippen LogP contribution in [0.25, 0.3) is 0 Å². The van der Waals surface area contributed by atoms with Crippen LogP contribution in [0.3, 0.4) is 0 Å². The highest BCUT2D eigenvalue weighted by Crippen LogP contribution is 2.43. The number of hydrogen-bond donors (Lipinski definition) is 3. The number of amides is 7. The molecule has 3 aliphatic rings. The van der Waals surface area contributed by atoms with Gasteiger partial charge in [-0.3, -0.25) is 38.6 Å². The van der Waals surface area contributed by atoms with E-state index in [4.69, 9.17) is 9.47 Å². The van der Waals surface area contributed by atoms with Gasteiger partial charge >= 0.3 is 6.09 Å². The summed E-state index contributed by atoms with van der Waals surface area (Å²) in [4.78, 5) is 104. The lowest BCUT2D eigenvalue weighted by atomic mass is 9.83. The van der Waals surface area contributed by atoms with Crippen molar-refractivity contribution >= 4 is 53.4 Å². The number of benzene rings is 4. The van der Waals surface area contributed by atoms with Gasteiger partial charge in [0, 0.05) is 65.2 Å². The van der Waals surface area contributed by atoms with Crippen molar-refractivity contribution in [2.45, 2.75) is 116 Å². The second kappa shape index (κ2) is 23.3. The Hall–Kier alpha value is -7.32. The van der Waals surface area contributed by atoms with Gasteiger partial charge in [0.25, 0.3) is 5.91 Å². The zero-order valence-corrected chi connectivity index (χ0v) is 44.4. The van der Waals surface area contributed by atoms with Gasteiger partial charge in [-0.05, 0) is 118 Å². The molecule has 3 aliphatic heterocycles. The summed E-state index contributed by atoms with van der Waals surface area (Å²) in [6.07, 6.45) is -0.369. The minimum absolute atomic E-state index is 0.000856. The fraction of sp³-hybridized carbons (Fsp3) is 0.446. The molecule has 1 saturated heterocycles. The van der Waals surface area contributed by atoms with E-state index >= 15 is 8.78 Å². The van der Waals surface area contributed by atoms with Gasteiger partial charge in [0.2, 0.25) is 30.0 Å². The Labute approximate surface area is 441 Å². The van der Waals surface area contributed by atoms with Crippen molar-refractivity contribution in [2.24, 2.45) is 0 Å². The number of fused-ring (bicyclic) bond motifs is 2. The van der Waals surface area contributed by atoms with Crippen LogP contribution in [0.4, 0.5) is 29.3 Å². The molecule has 4 aromatic carbocycles. The summed E-state index contributed by atoms with van der Waals surface area (Å²) in [6, 6.07) is 15.7. The number of methoxy groups -OCH3 is 1. The molecule has 0 saturated carbocycles. The summed E-state index contributed by atoms with van der Waals surface area (Å²) in [5.74, 6) is -5.58. The molecular formula is C56H67F3N8O9. The maximum Gasteiger partial charge on any atom is 0.410 e. The van der Waals surface area contributed by atoms with Gasteiger partial charge in [0.15, 0.2) is 0 Å². The molecule has 6 atom stereocenters. The molecule has 4 aromatic rings. The second-order valence-corrected chi connectivity index (χ2v) is 21.0. The molecular weight excluding hydrogens is 986 g/mol. The molecule has 17 nitrogen and oxygen atoms in total. The van der Waals surface area contributed by atoms with E-state index in [-0.39, 0.29) is 55.9 Å². The normalized spacial score (nSPS) is 19.4. The summed E-state index contributed by atoms with van der Waals surface area (Å²) in [5.41, 5.74) is 1.27. The number of carbonyl (C=O) groups is 7. The van der Waals surface area contributed by atoms with E-state index in [1.165, 1.54) is 31.2 Å². The number of ether oxygens (including phenoxy) is 2. The zero-order valence-electron chi connectivity index (χ0n) is 44.4. The van der Waals surface area contributed by atoms with E-state index in [0.29, 0.717) is 48.4 Å². The van der Waals surface area contributed by atoms with E-state index in [9.17, 15) is 38.0 Å². The Morgan fingerprint density at radius 1 is 0.921 bits per heavy atom. The molecule has 0 radical (unpaired) electrons. The molecule has 0 spiro atoms. The molecule has 0 aromatic heterocycles. The number of carbonyl (C=O) groups excluding carboxylic acids is 7.